The third-order valence-electron chi connectivity index (χ3n) is 2.89. The summed E-state index contributed by atoms with van der Waals surface area (Å²) in [5, 5.41) is 8.66. The Bertz CT molecular complexity index is 471. The molecule has 0 spiro atoms. The van der Waals surface area contributed by atoms with Crippen LogP contribution in [0.25, 0.3) is 0 Å². The van der Waals surface area contributed by atoms with E-state index in [9.17, 15) is 14.0 Å². The number of hydrogen-bond donors (Lipinski definition) is 1. The van der Waals surface area contributed by atoms with Gasteiger partial charge >= 0.3 is 5.97 Å². The maximum Gasteiger partial charge on any atom is 0.305 e. The fourth-order valence-electron chi connectivity index (χ4n) is 1.84. The second-order valence-electron chi connectivity index (χ2n) is 4.38. The maximum atomic E-state index is 13.1. The van der Waals surface area contributed by atoms with Gasteiger partial charge in [-0.3, -0.25) is 9.59 Å². The van der Waals surface area contributed by atoms with Crippen LogP contribution in [0.4, 0.5) is 4.39 Å². The molecule has 4 nitrogen and oxygen atoms in total. The molecule has 5 heteroatoms. The van der Waals surface area contributed by atoms with E-state index in [-0.39, 0.29) is 30.5 Å². The molecule has 1 aromatic rings. The minimum atomic E-state index is -0.937. The molecule has 0 radical (unpaired) electrons. The number of hydrogen-bond acceptors (Lipinski definition) is 2. The Morgan fingerprint density at radius 2 is 2.11 bits per heavy atom. The van der Waals surface area contributed by atoms with Gasteiger partial charge in [0, 0.05) is 18.2 Å². The molecule has 0 heterocycles. The van der Waals surface area contributed by atoms with Gasteiger partial charge in [0.1, 0.15) is 5.82 Å². The quantitative estimate of drug-likeness (QED) is 0.869. The van der Waals surface area contributed by atoms with Crippen molar-refractivity contribution in [1.82, 2.24) is 4.90 Å². The molecule has 18 heavy (non-hydrogen) atoms. The Morgan fingerprint density at radius 1 is 1.39 bits per heavy atom. The van der Waals surface area contributed by atoms with Crippen LogP contribution < -0.4 is 0 Å². The molecule has 0 atom stereocenters. The van der Waals surface area contributed by atoms with Gasteiger partial charge in [0.2, 0.25) is 0 Å². The van der Waals surface area contributed by atoms with E-state index in [4.69, 9.17) is 5.11 Å². The topological polar surface area (TPSA) is 57.6 Å². The molecule has 0 aliphatic heterocycles. The molecule has 1 fully saturated rings. The molecular formula is C13H14FNO3. The lowest BCUT2D eigenvalue weighted by Crippen LogP contribution is -2.35. The molecule has 0 aromatic heterocycles. The van der Waals surface area contributed by atoms with E-state index in [1.165, 1.54) is 23.1 Å². The van der Waals surface area contributed by atoms with E-state index in [2.05, 4.69) is 0 Å². The van der Waals surface area contributed by atoms with Crippen molar-refractivity contribution in [3.8, 4) is 0 Å². The van der Waals surface area contributed by atoms with Gasteiger partial charge in [0.15, 0.2) is 0 Å². The van der Waals surface area contributed by atoms with Gasteiger partial charge in [-0.2, -0.15) is 0 Å². The van der Waals surface area contributed by atoms with Crippen molar-refractivity contribution in [1.29, 1.82) is 0 Å². The lowest BCUT2D eigenvalue weighted by atomic mass is 10.2. The van der Waals surface area contributed by atoms with Crippen LogP contribution in [0.3, 0.4) is 0 Å². The molecular weight excluding hydrogens is 237 g/mol. The third-order valence-corrected chi connectivity index (χ3v) is 2.89. The Balaban J connectivity index is 2.10. The van der Waals surface area contributed by atoms with Crippen LogP contribution in [0.2, 0.25) is 0 Å². The number of rotatable bonds is 5. The predicted molar refractivity (Wildman–Crippen MR) is 62.7 cm³/mol. The Labute approximate surface area is 104 Å². The van der Waals surface area contributed by atoms with Gasteiger partial charge in [-0.05, 0) is 31.0 Å². The van der Waals surface area contributed by atoms with E-state index in [0.29, 0.717) is 0 Å². The summed E-state index contributed by atoms with van der Waals surface area (Å²) >= 11 is 0. The number of carbonyl (C=O) groups is 2. The van der Waals surface area contributed by atoms with Crippen molar-refractivity contribution >= 4 is 11.9 Å². The van der Waals surface area contributed by atoms with E-state index >= 15 is 0 Å². The second-order valence-corrected chi connectivity index (χ2v) is 4.38. The molecule has 1 amide bonds. The number of carboxylic acids is 1. The van der Waals surface area contributed by atoms with Gasteiger partial charge in [0.05, 0.1) is 6.42 Å². The first-order chi connectivity index (χ1) is 8.58. The van der Waals surface area contributed by atoms with Gasteiger partial charge in [0.25, 0.3) is 5.91 Å². The van der Waals surface area contributed by atoms with Crippen molar-refractivity contribution in [2.45, 2.75) is 25.3 Å². The fourth-order valence-corrected chi connectivity index (χ4v) is 1.84. The first-order valence-electron chi connectivity index (χ1n) is 5.86. The van der Waals surface area contributed by atoms with Gasteiger partial charge in [-0.25, -0.2) is 4.39 Å². The maximum absolute atomic E-state index is 13.1. The molecule has 2 rings (SSSR count). The summed E-state index contributed by atoms with van der Waals surface area (Å²) in [6.07, 6.45) is 1.69. The Morgan fingerprint density at radius 3 is 2.67 bits per heavy atom. The van der Waals surface area contributed by atoms with Crippen molar-refractivity contribution < 1.29 is 19.1 Å². The molecule has 0 bridgehead atoms. The molecule has 1 aliphatic carbocycles. The molecule has 1 aromatic carbocycles. The normalized spacial score (nSPS) is 14.3. The Kier molecular flexibility index (Phi) is 3.60. The number of carboxylic acid groups (broad SMARTS) is 1. The highest BCUT2D eigenvalue weighted by Gasteiger charge is 2.33. The smallest absolute Gasteiger partial charge is 0.305 e. The number of amides is 1. The second kappa shape index (κ2) is 5.16. The monoisotopic (exact) mass is 251 g/mol. The lowest BCUT2D eigenvalue weighted by Gasteiger charge is -2.21. The summed E-state index contributed by atoms with van der Waals surface area (Å²) in [6, 6.07) is 5.58. The van der Waals surface area contributed by atoms with Crippen LogP contribution in [0.15, 0.2) is 24.3 Å². The van der Waals surface area contributed by atoms with E-state index in [1.807, 2.05) is 0 Å². The van der Waals surface area contributed by atoms with Crippen LogP contribution in [0, 0.1) is 5.82 Å². The van der Waals surface area contributed by atoms with E-state index < -0.39 is 11.8 Å². The average Bonchev–Trinajstić information content (AvgIpc) is 3.13. The highest BCUT2D eigenvalue weighted by Crippen LogP contribution is 2.28. The van der Waals surface area contributed by atoms with Crippen LogP contribution in [0.1, 0.15) is 29.6 Å². The van der Waals surface area contributed by atoms with E-state index in [1.54, 1.807) is 6.07 Å². The molecule has 0 saturated heterocycles. The lowest BCUT2D eigenvalue weighted by molar-refractivity contribution is -0.137. The summed E-state index contributed by atoms with van der Waals surface area (Å²) < 4.78 is 13.1. The molecule has 1 N–H and O–H groups in total. The highest BCUT2D eigenvalue weighted by molar-refractivity contribution is 5.94. The number of carbonyl (C=O) groups excluding carboxylic acids is 1. The number of halogens is 1. The molecule has 1 aliphatic rings. The van der Waals surface area contributed by atoms with Crippen molar-refractivity contribution in [3.63, 3.8) is 0 Å². The molecule has 0 unspecified atom stereocenters. The average molecular weight is 251 g/mol. The van der Waals surface area contributed by atoms with Crippen LogP contribution in [0.5, 0.6) is 0 Å². The summed E-state index contributed by atoms with van der Waals surface area (Å²) in [7, 11) is 0. The fraction of sp³-hybridized carbons (Fsp3) is 0.385. The number of benzene rings is 1. The molecule has 1 saturated carbocycles. The van der Waals surface area contributed by atoms with Crippen molar-refractivity contribution in [2.24, 2.45) is 0 Å². The minimum Gasteiger partial charge on any atom is -0.481 e. The summed E-state index contributed by atoms with van der Waals surface area (Å²) in [5.41, 5.74) is 0.271. The number of aliphatic carboxylic acids is 1. The highest BCUT2D eigenvalue weighted by atomic mass is 19.1. The molecule has 96 valence electrons. The minimum absolute atomic E-state index is 0.0858. The zero-order chi connectivity index (χ0) is 13.1. The standard InChI is InChI=1S/C13H14FNO3/c14-10-3-1-2-9(8-10)13(18)15(11-4-5-11)7-6-12(16)17/h1-3,8,11H,4-7H2,(H,16,17). The summed E-state index contributed by atoms with van der Waals surface area (Å²) in [5.74, 6) is -1.69. The van der Waals surface area contributed by atoms with Crippen molar-refractivity contribution in [2.75, 3.05) is 6.54 Å². The SMILES string of the molecule is O=C(O)CCN(C(=O)c1cccc(F)c1)C1CC1. The first-order valence-corrected chi connectivity index (χ1v) is 5.86. The Hall–Kier alpha value is -1.91. The summed E-state index contributed by atoms with van der Waals surface area (Å²) in [6.45, 7) is 0.176. The third kappa shape index (κ3) is 3.06. The zero-order valence-electron chi connectivity index (χ0n) is 9.80. The zero-order valence-corrected chi connectivity index (χ0v) is 9.80. The van der Waals surface area contributed by atoms with Gasteiger partial charge in [-0.15, -0.1) is 0 Å². The van der Waals surface area contributed by atoms with Crippen LogP contribution >= 0.6 is 0 Å². The number of nitrogens with zero attached hydrogens (tertiary/aromatic N) is 1. The van der Waals surface area contributed by atoms with Crippen molar-refractivity contribution in [3.05, 3.63) is 35.6 Å². The summed E-state index contributed by atoms with van der Waals surface area (Å²) in [4.78, 5) is 24.3. The van der Waals surface area contributed by atoms with Gasteiger partial charge < -0.3 is 10.0 Å². The first kappa shape index (κ1) is 12.5. The van der Waals surface area contributed by atoms with Crippen LogP contribution in [-0.2, 0) is 4.79 Å². The van der Waals surface area contributed by atoms with Crippen LogP contribution in [-0.4, -0.2) is 34.5 Å². The van der Waals surface area contributed by atoms with E-state index in [0.717, 1.165) is 12.8 Å². The predicted octanol–water partition coefficient (Wildman–Crippen LogP) is 1.91. The van der Waals surface area contributed by atoms with Gasteiger partial charge in [-0.1, -0.05) is 6.07 Å². The largest absolute Gasteiger partial charge is 0.481 e.